The molecule has 1 aliphatic carbocycles. The first-order chi connectivity index (χ1) is 13.4. The Labute approximate surface area is 174 Å². The Bertz CT molecular complexity index is 976. The lowest BCUT2D eigenvalue weighted by Crippen LogP contribution is -2.48. The first-order valence-corrected chi connectivity index (χ1v) is 9.79. The van der Waals surface area contributed by atoms with Crippen LogP contribution in [-0.2, 0) is 0 Å². The summed E-state index contributed by atoms with van der Waals surface area (Å²) < 4.78 is 0. The SMILES string of the molecule is CCCN1CC=C2C(C#N)=C(N)C(C#N)(C#N)[C@@H](c3ccc(Cl)c(Cl)c3)[C@@H]2C1. The topological polar surface area (TPSA) is 101 Å². The fourth-order valence-corrected chi connectivity index (χ4v) is 4.63. The van der Waals surface area contributed by atoms with Crippen LogP contribution in [0.25, 0.3) is 0 Å². The minimum atomic E-state index is -1.65. The molecule has 28 heavy (non-hydrogen) atoms. The summed E-state index contributed by atoms with van der Waals surface area (Å²) in [5.41, 5.74) is 6.42. The molecular weight excluding hydrogens is 393 g/mol. The molecule has 0 radical (unpaired) electrons. The monoisotopic (exact) mass is 411 g/mol. The van der Waals surface area contributed by atoms with E-state index in [1.807, 2.05) is 6.08 Å². The average Bonchev–Trinajstić information content (AvgIpc) is 2.70. The fraction of sp³-hybridized carbons (Fsp3) is 0.381. The van der Waals surface area contributed by atoms with Crippen LogP contribution in [0.1, 0.15) is 24.8 Å². The highest BCUT2D eigenvalue weighted by Gasteiger charge is 2.54. The van der Waals surface area contributed by atoms with Gasteiger partial charge < -0.3 is 5.73 Å². The van der Waals surface area contributed by atoms with Crippen molar-refractivity contribution in [1.82, 2.24) is 4.90 Å². The van der Waals surface area contributed by atoms with Crippen molar-refractivity contribution in [3.63, 3.8) is 0 Å². The first kappa shape index (κ1) is 20.2. The van der Waals surface area contributed by atoms with E-state index in [0.29, 0.717) is 28.7 Å². The minimum Gasteiger partial charge on any atom is -0.399 e. The standard InChI is InChI=1S/C21H19Cl2N5/c1-2-6-28-7-5-14-15(9-24)20(27)21(11-25,12-26)19(16(14)10-28)13-3-4-17(22)18(23)8-13/h3-5,8,16,19H,2,6-7,10,27H2,1H3/t16-,19+/m1/s1. The summed E-state index contributed by atoms with van der Waals surface area (Å²) in [7, 11) is 0. The number of rotatable bonds is 3. The summed E-state index contributed by atoms with van der Waals surface area (Å²) in [6.45, 7) is 4.33. The van der Waals surface area contributed by atoms with Gasteiger partial charge in [0.05, 0.1) is 33.5 Å². The van der Waals surface area contributed by atoms with Crippen molar-refractivity contribution >= 4 is 23.2 Å². The van der Waals surface area contributed by atoms with Gasteiger partial charge in [0.1, 0.15) is 6.07 Å². The maximum atomic E-state index is 10.1. The van der Waals surface area contributed by atoms with E-state index in [1.54, 1.807) is 18.2 Å². The highest BCUT2D eigenvalue weighted by Crippen LogP contribution is 2.54. The molecule has 0 saturated heterocycles. The Balaban J connectivity index is 2.28. The van der Waals surface area contributed by atoms with Crippen LogP contribution in [0, 0.1) is 45.3 Å². The lowest BCUT2D eigenvalue weighted by molar-refractivity contribution is 0.207. The van der Waals surface area contributed by atoms with Crippen LogP contribution >= 0.6 is 23.2 Å². The van der Waals surface area contributed by atoms with Gasteiger partial charge in [-0.1, -0.05) is 42.3 Å². The zero-order valence-electron chi connectivity index (χ0n) is 15.4. The molecule has 0 fully saturated rings. The predicted molar refractivity (Wildman–Crippen MR) is 108 cm³/mol. The molecule has 0 saturated carbocycles. The van der Waals surface area contributed by atoms with Crippen LogP contribution in [0.15, 0.2) is 41.1 Å². The molecule has 0 aromatic heterocycles. The van der Waals surface area contributed by atoms with E-state index in [1.165, 1.54) is 0 Å². The van der Waals surface area contributed by atoms with Gasteiger partial charge >= 0.3 is 0 Å². The van der Waals surface area contributed by atoms with E-state index in [9.17, 15) is 15.8 Å². The molecule has 1 aliphatic heterocycles. The molecule has 1 heterocycles. The van der Waals surface area contributed by atoms with Crippen LogP contribution in [0.4, 0.5) is 0 Å². The van der Waals surface area contributed by atoms with Gasteiger partial charge in [0, 0.05) is 24.9 Å². The van der Waals surface area contributed by atoms with E-state index in [-0.39, 0.29) is 17.2 Å². The van der Waals surface area contributed by atoms with Gasteiger partial charge in [0.2, 0.25) is 0 Å². The summed E-state index contributed by atoms with van der Waals surface area (Å²) in [5, 5.41) is 30.6. The summed E-state index contributed by atoms with van der Waals surface area (Å²) in [6.07, 6.45) is 2.98. The van der Waals surface area contributed by atoms with Crippen LogP contribution in [0.2, 0.25) is 10.0 Å². The number of nitrogens with two attached hydrogens (primary N) is 1. The van der Waals surface area contributed by atoms with Crippen molar-refractivity contribution in [2.24, 2.45) is 17.1 Å². The van der Waals surface area contributed by atoms with Crippen LogP contribution in [-0.4, -0.2) is 24.5 Å². The number of hydrogen-bond acceptors (Lipinski definition) is 5. The van der Waals surface area contributed by atoms with Gasteiger partial charge in [-0.05, 0) is 36.2 Å². The number of benzene rings is 1. The van der Waals surface area contributed by atoms with Gasteiger partial charge in [-0.15, -0.1) is 0 Å². The van der Waals surface area contributed by atoms with E-state index in [4.69, 9.17) is 28.9 Å². The molecule has 7 heteroatoms. The predicted octanol–water partition coefficient (Wildman–Crippen LogP) is 4.13. The highest BCUT2D eigenvalue weighted by molar-refractivity contribution is 6.42. The number of nitrogens with zero attached hydrogens (tertiary/aromatic N) is 4. The zero-order chi connectivity index (χ0) is 20.5. The summed E-state index contributed by atoms with van der Waals surface area (Å²) in [6, 6.07) is 11.5. The molecule has 0 spiro atoms. The fourth-order valence-electron chi connectivity index (χ4n) is 4.32. The second-order valence-corrected chi connectivity index (χ2v) is 7.92. The molecule has 5 nitrogen and oxygen atoms in total. The molecule has 2 atom stereocenters. The molecule has 1 aromatic rings. The maximum Gasteiger partial charge on any atom is 0.191 e. The smallest absolute Gasteiger partial charge is 0.191 e. The quantitative estimate of drug-likeness (QED) is 0.805. The molecule has 2 aliphatic rings. The number of fused-ring (bicyclic) bond motifs is 1. The third-order valence-corrected chi connectivity index (χ3v) is 6.32. The van der Waals surface area contributed by atoms with Crippen molar-refractivity contribution in [2.75, 3.05) is 19.6 Å². The van der Waals surface area contributed by atoms with E-state index >= 15 is 0 Å². The van der Waals surface area contributed by atoms with Crippen molar-refractivity contribution in [3.05, 3.63) is 56.7 Å². The van der Waals surface area contributed by atoms with Gasteiger partial charge in [-0.2, -0.15) is 15.8 Å². The van der Waals surface area contributed by atoms with Gasteiger partial charge in [-0.25, -0.2) is 0 Å². The van der Waals surface area contributed by atoms with Crippen molar-refractivity contribution in [1.29, 1.82) is 15.8 Å². The van der Waals surface area contributed by atoms with Gasteiger partial charge in [0.25, 0.3) is 0 Å². The van der Waals surface area contributed by atoms with E-state index in [0.717, 1.165) is 18.5 Å². The molecule has 2 N–H and O–H groups in total. The molecule has 0 amide bonds. The average molecular weight is 412 g/mol. The Morgan fingerprint density at radius 3 is 2.50 bits per heavy atom. The summed E-state index contributed by atoms with van der Waals surface area (Å²) in [4.78, 5) is 2.26. The van der Waals surface area contributed by atoms with Crippen LogP contribution in [0.3, 0.4) is 0 Å². The lowest BCUT2D eigenvalue weighted by atomic mass is 9.58. The van der Waals surface area contributed by atoms with E-state index < -0.39 is 11.3 Å². The zero-order valence-corrected chi connectivity index (χ0v) is 16.9. The third kappa shape index (κ3) is 3.05. The van der Waals surface area contributed by atoms with Gasteiger partial charge in [-0.3, -0.25) is 4.90 Å². The third-order valence-electron chi connectivity index (χ3n) is 5.58. The Kier molecular flexibility index (Phi) is 5.69. The Hall–Kier alpha value is -2.49. The van der Waals surface area contributed by atoms with Crippen LogP contribution in [0.5, 0.6) is 0 Å². The molecular formula is C21H19Cl2N5. The van der Waals surface area contributed by atoms with E-state index in [2.05, 4.69) is 30.0 Å². The second kappa shape index (κ2) is 7.86. The summed E-state index contributed by atoms with van der Waals surface area (Å²) >= 11 is 12.3. The largest absolute Gasteiger partial charge is 0.399 e. The van der Waals surface area contributed by atoms with Crippen molar-refractivity contribution < 1.29 is 0 Å². The molecule has 0 bridgehead atoms. The Morgan fingerprint density at radius 2 is 1.93 bits per heavy atom. The van der Waals surface area contributed by atoms with Crippen molar-refractivity contribution in [3.8, 4) is 18.2 Å². The normalized spacial score (nSPS) is 23.8. The molecule has 0 unspecified atom stereocenters. The maximum absolute atomic E-state index is 10.1. The molecule has 3 rings (SSSR count). The number of halogens is 2. The second-order valence-electron chi connectivity index (χ2n) is 7.11. The minimum absolute atomic E-state index is 0.0162. The number of allylic oxidation sites excluding steroid dienone is 2. The molecule has 1 aromatic carbocycles. The summed E-state index contributed by atoms with van der Waals surface area (Å²) in [5.74, 6) is -0.779. The Morgan fingerprint density at radius 1 is 1.21 bits per heavy atom. The molecule has 142 valence electrons. The highest BCUT2D eigenvalue weighted by atomic mass is 35.5. The first-order valence-electron chi connectivity index (χ1n) is 9.04. The van der Waals surface area contributed by atoms with Crippen LogP contribution < -0.4 is 5.73 Å². The van der Waals surface area contributed by atoms with Gasteiger partial charge in [0.15, 0.2) is 5.41 Å². The lowest BCUT2D eigenvalue weighted by Gasteiger charge is -2.45. The number of nitriles is 3. The van der Waals surface area contributed by atoms with Crippen molar-refractivity contribution in [2.45, 2.75) is 19.3 Å². The number of hydrogen-bond donors (Lipinski definition) is 1.